The molecule has 2 aliphatic rings. The molecule has 2 aliphatic heterocycles. The third kappa shape index (κ3) is 4.31. The fourth-order valence-corrected chi connectivity index (χ4v) is 5.60. The molecule has 0 spiro atoms. The smallest absolute Gasteiger partial charge is 0.327 e. The molecule has 10 heteroatoms. The Kier molecular flexibility index (Phi) is 7.14. The second-order valence-electron chi connectivity index (χ2n) is 9.83. The van der Waals surface area contributed by atoms with E-state index in [-0.39, 0.29) is 23.8 Å². The van der Waals surface area contributed by atoms with Crippen molar-refractivity contribution in [2.75, 3.05) is 18.6 Å². The number of nitrogens with one attached hydrogen (secondary N) is 1. The van der Waals surface area contributed by atoms with E-state index >= 15 is 0 Å². The highest BCUT2D eigenvalue weighted by atomic mass is 16.5. The average molecular weight is 545 g/mol. The molecule has 3 aromatic carbocycles. The average Bonchev–Trinajstić information content (AvgIpc) is 3.45. The van der Waals surface area contributed by atoms with Crippen LogP contribution in [0.1, 0.15) is 34.5 Å². The molecule has 4 atom stereocenters. The molecule has 40 heavy (non-hydrogen) atoms. The van der Waals surface area contributed by atoms with Crippen molar-refractivity contribution in [1.82, 2.24) is 5.32 Å². The second kappa shape index (κ2) is 10.6. The number of imide groups is 1. The molecule has 0 aliphatic carbocycles. The van der Waals surface area contributed by atoms with Crippen molar-refractivity contribution in [2.24, 2.45) is 11.8 Å². The number of aliphatic hydroxyl groups is 1. The number of benzene rings is 3. The molecule has 10 nitrogen and oxygen atoms in total. The first-order chi connectivity index (χ1) is 19.2. The molecule has 3 aromatic rings. The molecule has 4 unspecified atom stereocenters. The number of aliphatic carboxylic acids is 1. The van der Waals surface area contributed by atoms with Crippen molar-refractivity contribution in [3.63, 3.8) is 0 Å². The number of nitrogens with zero attached hydrogens (tertiary/aromatic N) is 1. The van der Waals surface area contributed by atoms with Crippen LogP contribution in [-0.4, -0.2) is 53.0 Å². The van der Waals surface area contributed by atoms with Gasteiger partial charge in [0, 0.05) is 17.2 Å². The predicted molar refractivity (Wildman–Crippen MR) is 143 cm³/mol. The summed E-state index contributed by atoms with van der Waals surface area (Å²) in [7, 11) is 1.46. The van der Waals surface area contributed by atoms with Gasteiger partial charge in [-0.1, -0.05) is 42.5 Å². The van der Waals surface area contributed by atoms with Gasteiger partial charge in [0.05, 0.1) is 31.2 Å². The van der Waals surface area contributed by atoms with Crippen molar-refractivity contribution in [3.8, 4) is 11.5 Å². The third-order valence-corrected chi connectivity index (χ3v) is 7.61. The number of anilines is 1. The minimum absolute atomic E-state index is 0.167. The number of para-hydroxylation sites is 1. The number of methoxy groups -OCH3 is 1. The van der Waals surface area contributed by atoms with Crippen LogP contribution >= 0.6 is 0 Å². The maximum absolute atomic E-state index is 13.9. The van der Waals surface area contributed by atoms with Gasteiger partial charge in [0.15, 0.2) is 22.8 Å². The maximum Gasteiger partial charge on any atom is 0.327 e. The van der Waals surface area contributed by atoms with Crippen LogP contribution in [0.4, 0.5) is 5.69 Å². The van der Waals surface area contributed by atoms with E-state index in [1.54, 1.807) is 18.2 Å². The molecule has 3 N–H and O–H groups in total. The monoisotopic (exact) mass is 544 g/mol. The lowest BCUT2D eigenvalue weighted by molar-refractivity contribution is -0.150. The predicted octanol–water partition coefficient (Wildman–Crippen LogP) is 2.74. The minimum Gasteiger partial charge on any atom is -0.493 e. The summed E-state index contributed by atoms with van der Waals surface area (Å²) in [6.45, 7) is 0.636. The molecule has 2 amide bonds. The largest absolute Gasteiger partial charge is 0.493 e. The van der Waals surface area contributed by atoms with Crippen molar-refractivity contribution in [3.05, 3.63) is 89.5 Å². The molecule has 206 valence electrons. The lowest BCUT2D eigenvalue weighted by atomic mass is 9.79. The van der Waals surface area contributed by atoms with Crippen molar-refractivity contribution in [1.29, 1.82) is 0 Å². The zero-order valence-electron chi connectivity index (χ0n) is 21.9. The Labute approximate surface area is 230 Å². The number of hydrogen-bond donors (Lipinski definition) is 3. The normalized spacial score (nSPS) is 23.7. The number of Topliss-reactive ketones (excluding diaryl/α,β-unsaturated/α-hetero) is 1. The molecule has 0 bridgehead atoms. The van der Waals surface area contributed by atoms with E-state index in [9.17, 15) is 29.4 Å². The summed E-state index contributed by atoms with van der Waals surface area (Å²) < 4.78 is 11.7. The van der Waals surface area contributed by atoms with E-state index in [4.69, 9.17) is 9.47 Å². The van der Waals surface area contributed by atoms with Gasteiger partial charge in [-0.3, -0.25) is 24.5 Å². The standard InChI is InChI=1S/C30H28N2O8/c1-17(34)19-11-13-20(14-12-19)32-27(35)23-24(28(32)36)30(16-33,29(37)38)31-25(23)21-9-6-10-22(39-2)26(21)40-15-18-7-4-3-5-8-18/h3-14,23-25,31,33H,15-16H2,1-2H3,(H,37,38). The van der Waals surface area contributed by atoms with E-state index in [2.05, 4.69) is 5.32 Å². The summed E-state index contributed by atoms with van der Waals surface area (Å²) in [6.07, 6.45) is 0. The van der Waals surface area contributed by atoms with E-state index in [0.717, 1.165) is 10.5 Å². The summed E-state index contributed by atoms with van der Waals surface area (Å²) in [5.74, 6) is -4.97. The molecule has 0 radical (unpaired) electrons. The Morgan fingerprint density at radius 3 is 2.27 bits per heavy atom. The van der Waals surface area contributed by atoms with Crippen LogP contribution in [0.15, 0.2) is 72.8 Å². The number of carboxylic acid groups (broad SMARTS) is 1. The van der Waals surface area contributed by atoms with Crippen LogP contribution < -0.4 is 19.7 Å². The van der Waals surface area contributed by atoms with E-state index in [0.29, 0.717) is 16.9 Å². The number of carbonyl (C=O) groups is 4. The molecule has 5 rings (SSSR count). The highest BCUT2D eigenvalue weighted by molar-refractivity contribution is 6.24. The van der Waals surface area contributed by atoms with Crippen LogP contribution in [0.25, 0.3) is 0 Å². The zero-order chi connectivity index (χ0) is 28.6. The summed E-state index contributed by atoms with van der Waals surface area (Å²) in [5, 5.41) is 23.5. The van der Waals surface area contributed by atoms with Crippen molar-refractivity contribution >= 4 is 29.3 Å². The number of rotatable bonds is 9. The van der Waals surface area contributed by atoms with Gasteiger partial charge in [0.2, 0.25) is 11.8 Å². The second-order valence-corrected chi connectivity index (χ2v) is 9.83. The van der Waals surface area contributed by atoms with Crippen LogP contribution in [-0.2, 0) is 21.0 Å². The molecule has 2 saturated heterocycles. The first-order valence-corrected chi connectivity index (χ1v) is 12.7. The zero-order valence-corrected chi connectivity index (χ0v) is 21.9. The number of carbonyl (C=O) groups excluding carboxylic acids is 3. The number of ketones is 1. The molecule has 2 heterocycles. The number of amides is 2. The van der Waals surface area contributed by atoms with Crippen LogP contribution in [0.3, 0.4) is 0 Å². The Morgan fingerprint density at radius 2 is 1.68 bits per heavy atom. The highest BCUT2D eigenvalue weighted by Gasteiger charge is 2.69. The molecule has 2 fully saturated rings. The summed E-state index contributed by atoms with van der Waals surface area (Å²) in [6, 6.07) is 19.3. The third-order valence-electron chi connectivity index (χ3n) is 7.61. The minimum atomic E-state index is -2.13. The number of fused-ring (bicyclic) bond motifs is 1. The maximum atomic E-state index is 13.9. The van der Waals surface area contributed by atoms with E-state index in [1.807, 2.05) is 30.3 Å². The van der Waals surface area contributed by atoms with Gasteiger partial charge in [0.25, 0.3) is 0 Å². The van der Waals surface area contributed by atoms with Crippen molar-refractivity contribution in [2.45, 2.75) is 25.1 Å². The molecular formula is C30H28N2O8. The highest BCUT2D eigenvalue weighted by Crippen LogP contribution is 2.52. The van der Waals surface area contributed by atoms with Gasteiger partial charge >= 0.3 is 5.97 Å². The topological polar surface area (TPSA) is 142 Å². The first-order valence-electron chi connectivity index (χ1n) is 12.7. The quantitative estimate of drug-likeness (QED) is 0.274. The molecule has 0 saturated carbocycles. The molecular weight excluding hydrogens is 516 g/mol. The molecule has 0 aromatic heterocycles. The number of ether oxygens (including phenoxy) is 2. The summed E-state index contributed by atoms with van der Waals surface area (Å²) in [5.41, 5.74) is -0.238. The number of aliphatic hydroxyl groups excluding tert-OH is 1. The van der Waals surface area contributed by atoms with Crippen LogP contribution in [0, 0.1) is 11.8 Å². The van der Waals surface area contributed by atoms with Crippen LogP contribution in [0.5, 0.6) is 11.5 Å². The first kappa shape index (κ1) is 27.0. The Balaban J connectivity index is 1.59. The van der Waals surface area contributed by atoms with Gasteiger partial charge in [-0.25, -0.2) is 4.90 Å². The van der Waals surface area contributed by atoms with Gasteiger partial charge < -0.3 is 19.7 Å². The Bertz CT molecular complexity index is 1470. The number of carboxylic acids is 1. The summed E-state index contributed by atoms with van der Waals surface area (Å²) >= 11 is 0. The lowest BCUT2D eigenvalue weighted by Crippen LogP contribution is -2.58. The van der Waals surface area contributed by atoms with Gasteiger partial charge in [-0.2, -0.15) is 0 Å². The van der Waals surface area contributed by atoms with Crippen LogP contribution in [0.2, 0.25) is 0 Å². The van der Waals surface area contributed by atoms with Gasteiger partial charge in [-0.15, -0.1) is 0 Å². The summed E-state index contributed by atoms with van der Waals surface area (Å²) in [4.78, 5) is 53.0. The van der Waals surface area contributed by atoms with E-state index in [1.165, 1.54) is 38.3 Å². The fourth-order valence-electron chi connectivity index (χ4n) is 5.60. The van der Waals surface area contributed by atoms with Gasteiger partial charge in [-0.05, 0) is 42.8 Å². The van der Waals surface area contributed by atoms with Crippen molar-refractivity contribution < 1.29 is 38.9 Å². The number of hydrogen-bond acceptors (Lipinski definition) is 8. The lowest BCUT2D eigenvalue weighted by Gasteiger charge is -2.29. The Morgan fingerprint density at radius 1 is 0.975 bits per heavy atom. The fraction of sp³-hybridized carbons (Fsp3) is 0.267. The van der Waals surface area contributed by atoms with Gasteiger partial charge in [0.1, 0.15) is 6.61 Å². The SMILES string of the molecule is COc1cccc(C2NC(CO)(C(=O)O)C3C(=O)N(c4ccc(C(C)=O)cc4)C(=O)C23)c1OCc1ccccc1. The van der Waals surface area contributed by atoms with E-state index < -0.39 is 47.8 Å². The Hall–Kier alpha value is -4.54.